The van der Waals surface area contributed by atoms with Crippen molar-refractivity contribution in [2.24, 2.45) is 0 Å². The SMILES string of the molecule is C[C@H]1C[S@@](=O)CCN1CC(=O)Nc1cc(C(C)(C)C)nn1-c1ccccc1. The summed E-state index contributed by atoms with van der Waals surface area (Å²) in [6.45, 7) is 9.31. The number of amides is 1. The van der Waals surface area contributed by atoms with Gasteiger partial charge < -0.3 is 5.32 Å². The molecular weight excluding hydrogens is 360 g/mol. The Labute approximate surface area is 163 Å². The average Bonchev–Trinajstić information content (AvgIpc) is 3.02. The zero-order valence-electron chi connectivity index (χ0n) is 16.4. The molecule has 1 N–H and O–H groups in total. The Kier molecular flexibility index (Phi) is 5.81. The standard InChI is InChI=1S/C20H28N4O2S/c1-15-14-27(26)11-10-23(15)13-19(25)21-18-12-17(20(2,3)4)22-24(18)16-8-6-5-7-9-16/h5-9,12,15H,10-11,13-14H2,1-4H3,(H,21,25)/t15-,27-/m0/s1. The summed E-state index contributed by atoms with van der Waals surface area (Å²) < 4.78 is 13.5. The fraction of sp³-hybridized carbons (Fsp3) is 0.500. The van der Waals surface area contributed by atoms with E-state index in [4.69, 9.17) is 5.10 Å². The predicted molar refractivity (Wildman–Crippen MR) is 110 cm³/mol. The molecule has 0 unspecified atom stereocenters. The smallest absolute Gasteiger partial charge is 0.239 e. The number of hydrogen-bond acceptors (Lipinski definition) is 4. The number of rotatable bonds is 4. The van der Waals surface area contributed by atoms with Crippen LogP contribution in [-0.4, -0.2) is 55.4 Å². The molecule has 3 rings (SSSR count). The first-order valence-electron chi connectivity index (χ1n) is 9.29. The lowest BCUT2D eigenvalue weighted by atomic mass is 9.92. The third-order valence-corrected chi connectivity index (χ3v) is 6.24. The highest BCUT2D eigenvalue weighted by atomic mass is 32.2. The molecule has 1 aromatic heterocycles. The van der Waals surface area contributed by atoms with Crippen LogP contribution in [0.15, 0.2) is 36.4 Å². The molecule has 1 aliphatic heterocycles. The van der Waals surface area contributed by atoms with Gasteiger partial charge in [-0.05, 0) is 19.1 Å². The van der Waals surface area contributed by atoms with Crippen molar-refractivity contribution in [2.75, 3.05) is 29.9 Å². The van der Waals surface area contributed by atoms with Crippen LogP contribution >= 0.6 is 0 Å². The molecule has 0 bridgehead atoms. The fourth-order valence-corrected chi connectivity index (χ4v) is 4.46. The van der Waals surface area contributed by atoms with Crippen LogP contribution in [0.5, 0.6) is 0 Å². The topological polar surface area (TPSA) is 67.2 Å². The second kappa shape index (κ2) is 7.94. The number of para-hydroxylation sites is 1. The van der Waals surface area contributed by atoms with Gasteiger partial charge in [-0.3, -0.25) is 13.9 Å². The predicted octanol–water partition coefficient (Wildman–Crippen LogP) is 2.56. The minimum absolute atomic E-state index is 0.0768. The highest BCUT2D eigenvalue weighted by Gasteiger charge is 2.26. The molecule has 2 aromatic rings. The van der Waals surface area contributed by atoms with E-state index < -0.39 is 10.8 Å². The summed E-state index contributed by atoms with van der Waals surface area (Å²) >= 11 is 0. The first-order chi connectivity index (χ1) is 12.7. The van der Waals surface area contributed by atoms with Gasteiger partial charge in [-0.25, -0.2) is 4.68 Å². The summed E-state index contributed by atoms with van der Waals surface area (Å²) in [7, 11) is -0.767. The largest absolute Gasteiger partial charge is 0.309 e. The Morgan fingerprint density at radius 2 is 2.00 bits per heavy atom. The highest BCUT2D eigenvalue weighted by Crippen LogP contribution is 2.26. The summed E-state index contributed by atoms with van der Waals surface area (Å²) in [5, 5.41) is 7.75. The summed E-state index contributed by atoms with van der Waals surface area (Å²) in [6.07, 6.45) is 0. The summed E-state index contributed by atoms with van der Waals surface area (Å²) in [6, 6.07) is 11.9. The molecule has 1 fully saturated rings. The van der Waals surface area contributed by atoms with Crippen molar-refractivity contribution in [3.05, 3.63) is 42.1 Å². The number of benzene rings is 1. The van der Waals surface area contributed by atoms with Crippen molar-refractivity contribution in [2.45, 2.75) is 39.2 Å². The van der Waals surface area contributed by atoms with Gasteiger partial charge in [-0.1, -0.05) is 39.0 Å². The number of anilines is 1. The number of carbonyl (C=O) groups excluding carboxylic acids is 1. The summed E-state index contributed by atoms with van der Waals surface area (Å²) in [5.74, 6) is 1.85. The minimum Gasteiger partial charge on any atom is -0.309 e. The zero-order valence-corrected chi connectivity index (χ0v) is 17.3. The molecule has 0 saturated carbocycles. The van der Waals surface area contributed by atoms with Crippen LogP contribution in [0.4, 0.5) is 5.82 Å². The van der Waals surface area contributed by atoms with Gasteiger partial charge in [0.15, 0.2) is 0 Å². The lowest BCUT2D eigenvalue weighted by Gasteiger charge is -2.32. The Hall–Kier alpha value is -1.99. The minimum atomic E-state index is -0.767. The number of nitrogens with zero attached hydrogens (tertiary/aromatic N) is 3. The van der Waals surface area contributed by atoms with Gasteiger partial charge in [-0.2, -0.15) is 5.10 Å². The van der Waals surface area contributed by atoms with Crippen LogP contribution in [-0.2, 0) is 21.0 Å². The van der Waals surface area contributed by atoms with E-state index in [1.165, 1.54) is 0 Å². The van der Waals surface area contributed by atoms with E-state index in [1.54, 1.807) is 4.68 Å². The quantitative estimate of drug-likeness (QED) is 0.874. The Balaban J connectivity index is 1.80. The Bertz CT molecular complexity index is 826. The maximum Gasteiger partial charge on any atom is 0.239 e. The Morgan fingerprint density at radius 1 is 1.30 bits per heavy atom. The molecule has 2 atom stereocenters. The van der Waals surface area contributed by atoms with Crippen LogP contribution in [0.3, 0.4) is 0 Å². The molecule has 0 aliphatic carbocycles. The van der Waals surface area contributed by atoms with E-state index in [2.05, 4.69) is 31.0 Å². The second-order valence-electron chi connectivity index (χ2n) is 8.09. The first kappa shape index (κ1) is 19.8. The van der Waals surface area contributed by atoms with Crippen molar-refractivity contribution in [3.8, 4) is 5.69 Å². The molecule has 1 aliphatic rings. The van der Waals surface area contributed by atoms with Crippen molar-refractivity contribution in [3.63, 3.8) is 0 Å². The van der Waals surface area contributed by atoms with Gasteiger partial charge in [-0.15, -0.1) is 0 Å². The summed E-state index contributed by atoms with van der Waals surface area (Å²) in [4.78, 5) is 14.8. The number of hydrogen-bond donors (Lipinski definition) is 1. The van der Waals surface area contributed by atoms with Gasteiger partial charge in [0.1, 0.15) is 5.82 Å². The van der Waals surface area contributed by atoms with Gasteiger partial charge >= 0.3 is 0 Å². The van der Waals surface area contributed by atoms with E-state index in [0.717, 1.165) is 11.4 Å². The number of nitrogens with one attached hydrogen (secondary N) is 1. The van der Waals surface area contributed by atoms with Gasteiger partial charge in [0.05, 0.1) is 17.9 Å². The maximum atomic E-state index is 12.7. The molecular formula is C20H28N4O2S. The lowest BCUT2D eigenvalue weighted by Crippen LogP contribution is -2.48. The molecule has 0 spiro atoms. The summed E-state index contributed by atoms with van der Waals surface area (Å²) in [5.41, 5.74) is 1.71. The van der Waals surface area contributed by atoms with Crippen molar-refractivity contribution >= 4 is 22.5 Å². The van der Waals surface area contributed by atoms with Gasteiger partial charge in [0.25, 0.3) is 0 Å². The van der Waals surface area contributed by atoms with E-state index in [1.807, 2.05) is 43.3 Å². The van der Waals surface area contributed by atoms with E-state index >= 15 is 0 Å². The van der Waals surface area contributed by atoms with E-state index in [-0.39, 0.29) is 17.4 Å². The second-order valence-corrected chi connectivity index (χ2v) is 9.71. The van der Waals surface area contributed by atoms with Crippen molar-refractivity contribution in [1.29, 1.82) is 0 Å². The van der Waals surface area contributed by atoms with Crippen LogP contribution in [0.25, 0.3) is 5.69 Å². The molecule has 146 valence electrons. The monoisotopic (exact) mass is 388 g/mol. The normalized spacial score (nSPS) is 21.2. The maximum absolute atomic E-state index is 12.7. The van der Waals surface area contributed by atoms with Gasteiger partial charge in [0.2, 0.25) is 5.91 Å². The molecule has 1 saturated heterocycles. The third-order valence-electron chi connectivity index (χ3n) is 4.75. The molecule has 27 heavy (non-hydrogen) atoms. The average molecular weight is 389 g/mol. The third kappa shape index (κ3) is 4.84. The van der Waals surface area contributed by atoms with Gasteiger partial charge in [0, 0.05) is 46.4 Å². The van der Waals surface area contributed by atoms with E-state index in [0.29, 0.717) is 30.4 Å². The van der Waals surface area contributed by atoms with Crippen LogP contribution in [0, 0.1) is 0 Å². The molecule has 1 aromatic carbocycles. The number of carbonyl (C=O) groups is 1. The molecule has 7 heteroatoms. The number of aromatic nitrogens is 2. The Morgan fingerprint density at radius 3 is 2.63 bits per heavy atom. The van der Waals surface area contributed by atoms with Crippen molar-refractivity contribution in [1.82, 2.24) is 14.7 Å². The fourth-order valence-electron chi connectivity index (χ4n) is 3.10. The molecule has 2 heterocycles. The van der Waals surface area contributed by atoms with Crippen LogP contribution < -0.4 is 5.32 Å². The van der Waals surface area contributed by atoms with Crippen LogP contribution in [0.1, 0.15) is 33.4 Å². The highest BCUT2D eigenvalue weighted by molar-refractivity contribution is 7.85. The molecule has 6 nitrogen and oxygen atoms in total. The van der Waals surface area contributed by atoms with E-state index in [9.17, 15) is 9.00 Å². The first-order valence-corrected chi connectivity index (χ1v) is 10.8. The zero-order chi connectivity index (χ0) is 19.6. The molecule has 0 radical (unpaired) electrons. The lowest BCUT2D eigenvalue weighted by molar-refractivity contribution is -0.117. The van der Waals surface area contributed by atoms with Crippen molar-refractivity contribution < 1.29 is 9.00 Å². The van der Waals surface area contributed by atoms with Crippen LogP contribution in [0.2, 0.25) is 0 Å². The molecule has 1 amide bonds.